The van der Waals surface area contributed by atoms with E-state index in [0.717, 1.165) is 0 Å². The van der Waals surface area contributed by atoms with E-state index in [-0.39, 0.29) is 72.2 Å². The first kappa shape index (κ1) is 62.2. The van der Waals surface area contributed by atoms with Gasteiger partial charge in [0.15, 0.2) is 0 Å². The van der Waals surface area contributed by atoms with Gasteiger partial charge in [-0.3, -0.25) is 5.21 Å². The van der Waals surface area contributed by atoms with E-state index >= 15 is 0 Å². The SMILES string of the molecule is N.N.N.N.O=[N+]([O-])[O-].O=[N+]([O-])[O-].[OH-].[Pt+4].[Pt+4].c1c[n-]nn1. The maximum absolute atomic E-state index is 8.25. The Balaban J connectivity index is -0.0000000111. The molecule has 0 aliphatic heterocycles. The quantitative estimate of drug-likeness (QED) is 0.199. The van der Waals surface area contributed by atoms with Crippen LogP contribution in [0.1, 0.15) is 0 Å². The first-order chi connectivity index (χ1) is 5.96. The molecule has 0 spiro atoms. The molecule has 126 valence electrons. The zero-order chi connectivity index (χ0) is 10.7. The standard InChI is InChI=1S/C2H2N3.2NO3.4H3N.H2O.2Pt/c1-2-4-5-3-1;2*2-1(3)4;;;;;;;/h1-2H;;;4*1H3;1H2;;/q3*-1;;;;;;2*+4/p-1. The maximum Gasteiger partial charge on any atom is 4.00 e. The van der Waals surface area contributed by atoms with E-state index in [2.05, 4.69) is 15.4 Å². The van der Waals surface area contributed by atoms with Crippen molar-refractivity contribution in [1.29, 1.82) is 0 Å². The molecule has 0 atom stereocenters. The van der Waals surface area contributed by atoms with Crippen LogP contribution in [-0.4, -0.2) is 26.0 Å². The van der Waals surface area contributed by atoms with Gasteiger partial charge in [-0.25, -0.2) is 0 Å². The van der Waals surface area contributed by atoms with Crippen molar-refractivity contribution in [3.8, 4) is 0 Å². The smallest absolute Gasteiger partial charge is 0.870 e. The molecular formula is C2H15N9O7Pt2+4. The molecule has 18 heteroatoms. The van der Waals surface area contributed by atoms with Crippen molar-refractivity contribution in [3.63, 3.8) is 0 Å². The predicted octanol–water partition coefficient (Wildman–Crippen LogP) is -0.578. The molecule has 1 heterocycles. The van der Waals surface area contributed by atoms with E-state index in [1.807, 2.05) is 0 Å². The summed E-state index contributed by atoms with van der Waals surface area (Å²) >= 11 is 0. The molecule has 16 nitrogen and oxygen atoms in total. The normalized spacial score (nSPS) is 4.40. The van der Waals surface area contributed by atoms with Crippen molar-refractivity contribution >= 4 is 0 Å². The van der Waals surface area contributed by atoms with E-state index in [1.165, 1.54) is 12.4 Å². The molecule has 1 rings (SSSR count). The Morgan fingerprint density at radius 2 is 1.10 bits per heavy atom. The van der Waals surface area contributed by atoms with Crippen LogP contribution in [0, 0.1) is 30.6 Å². The first-order valence-corrected chi connectivity index (χ1v) is 2.35. The van der Waals surface area contributed by atoms with Gasteiger partial charge in [0.2, 0.25) is 0 Å². The molecule has 0 bridgehead atoms. The van der Waals surface area contributed by atoms with Crippen LogP contribution >= 0.6 is 0 Å². The number of aromatic nitrogens is 3. The molecule has 1 aromatic rings. The average Bonchev–Trinajstić information content (AvgIpc) is 2.35. The number of hydrogen-bond donors (Lipinski definition) is 4. The van der Waals surface area contributed by atoms with Gasteiger partial charge in [0.25, 0.3) is 0 Å². The van der Waals surface area contributed by atoms with Crippen molar-refractivity contribution in [3.05, 3.63) is 43.0 Å². The fourth-order valence-electron chi connectivity index (χ4n) is 0.149. The van der Waals surface area contributed by atoms with Crippen LogP contribution in [0.4, 0.5) is 0 Å². The Bertz CT molecular complexity index is 199. The van der Waals surface area contributed by atoms with E-state index in [9.17, 15) is 0 Å². The van der Waals surface area contributed by atoms with Crippen LogP contribution in [0.15, 0.2) is 12.4 Å². The Kier molecular flexibility index (Phi) is 163. The third-order valence-corrected chi connectivity index (χ3v) is 0.303. The zero-order valence-corrected chi connectivity index (χ0v) is 14.3. The third kappa shape index (κ3) is 299. The van der Waals surface area contributed by atoms with Crippen LogP contribution in [0.2, 0.25) is 0 Å². The minimum Gasteiger partial charge on any atom is -0.870 e. The number of rotatable bonds is 0. The van der Waals surface area contributed by atoms with Crippen LogP contribution in [0.5, 0.6) is 0 Å². The summed E-state index contributed by atoms with van der Waals surface area (Å²) in [5, 5.41) is 39.4. The number of hydrogen-bond acceptors (Lipinski definition) is 13. The molecular weight excluding hydrogens is 652 g/mol. The van der Waals surface area contributed by atoms with Crippen molar-refractivity contribution in [2.45, 2.75) is 0 Å². The van der Waals surface area contributed by atoms with Gasteiger partial charge >= 0.3 is 42.1 Å². The predicted molar refractivity (Wildman–Crippen MR) is 58.1 cm³/mol. The Morgan fingerprint density at radius 3 is 1.15 bits per heavy atom. The summed E-state index contributed by atoms with van der Waals surface area (Å²) in [5.74, 6) is 0. The van der Waals surface area contributed by atoms with Gasteiger partial charge in [-0.2, -0.15) is 0 Å². The monoisotopic (exact) mass is 667 g/mol. The van der Waals surface area contributed by atoms with E-state index in [0.29, 0.717) is 0 Å². The fourth-order valence-corrected chi connectivity index (χ4v) is 0.149. The van der Waals surface area contributed by atoms with Crippen LogP contribution in [-0.2, 0) is 42.1 Å². The molecule has 0 aromatic carbocycles. The molecule has 0 saturated carbocycles. The molecule has 0 amide bonds. The fraction of sp³-hybridized carbons (Fsp3) is 0. The summed E-state index contributed by atoms with van der Waals surface area (Å²) in [4.78, 5) is 16.5. The molecule has 0 unspecified atom stereocenters. The largest absolute Gasteiger partial charge is 4.00 e. The Labute approximate surface area is 141 Å². The van der Waals surface area contributed by atoms with Crippen LogP contribution in [0.25, 0.3) is 0 Å². The summed E-state index contributed by atoms with van der Waals surface area (Å²) in [6, 6.07) is 0. The molecule has 0 fully saturated rings. The van der Waals surface area contributed by atoms with Gasteiger partial charge in [0.1, 0.15) is 0 Å². The third-order valence-electron chi connectivity index (χ3n) is 0.303. The second kappa shape index (κ2) is 52.4. The van der Waals surface area contributed by atoms with Gasteiger partial charge in [-0.1, -0.05) is 12.4 Å². The first-order valence-electron chi connectivity index (χ1n) is 2.35. The molecule has 0 radical (unpaired) electrons. The summed E-state index contributed by atoms with van der Waals surface area (Å²) in [6.45, 7) is 0. The van der Waals surface area contributed by atoms with Crippen molar-refractivity contribution in [1.82, 2.24) is 40.0 Å². The molecule has 0 aliphatic rings. The van der Waals surface area contributed by atoms with Gasteiger partial charge in [0, 0.05) is 0 Å². The number of nitrogens with zero attached hydrogens (tertiary/aromatic N) is 5. The van der Waals surface area contributed by atoms with E-state index < -0.39 is 10.2 Å². The minimum atomic E-state index is -1.75. The van der Waals surface area contributed by atoms with Gasteiger partial charge < -0.3 is 70.9 Å². The zero-order valence-electron chi connectivity index (χ0n) is 9.75. The second-order valence-electron chi connectivity index (χ2n) is 1.07. The Morgan fingerprint density at radius 1 is 0.850 bits per heavy atom. The van der Waals surface area contributed by atoms with Crippen LogP contribution < -0.4 is 29.7 Å². The van der Waals surface area contributed by atoms with E-state index in [4.69, 9.17) is 30.6 Å². The van der Waals surface area contributed by atoms with Crippen molar-refractivity contribution in [2.75, 3.05) is 0 Å². The van der Waals surface area contributed by atoms with Crippen molar-refractivity contribution in [2.24, 2.45) is 0 Å². The molecule has 20 heavy (non-hydrogen) atoms. The minimum absolute atomic E-state index is 0. The Hall–Kier alpha value is -1.28. The van der Waals surface area contributed by atoms with Gasteiger partial charge in [-0.05, 0) is 0 Å². The average molecular weight is 667 g/mol. The van der Waals surface area contributed by atoms with E-state index in [1.54, 1.807) is 0 Å². The maximum atomic E-state index is 8.25. The van der Waals surface area contributed by atoms with Gasteiger partial charge in [-0.15, -0.1) is 0 Å². The van der Waals surface area contributed by atoms with Crippen LogP contribution in [0.3, 0.4) is 0 Å². The summed E-state index contributed by atoms with van der Waals surface area (Å²) in [6.07, 6.45) is 3.06. The topological polar surface area (TPSA) is 342 Å². The van der Waals surface area contributed by atoms with Gasteiger partial charge in [0.05, 0.1) is 10.2 Å². The molecule has 0 aliphatic carbocycles. The summed E-state index contributed by atoms with van der Waals surface area (Å²) in [5.41, 5.74) is 0. The molecule has 13 N–H and O–H groups in total. The van der Waals surface area contributed by atoms with Crippen molar-refractivity contribution < 1.29 is 57.8 Å². The summed E-state index contributed by atoms with van der Waals surface area (Å²) < 4.78 is 0. The molecule has 1 aromatic heterocycles. The summed E-state index contributed by atoms with van der Waals surface area (Å²) in [7, 11) is 0. The molecule has 0 saturated heterocycles. The second-order valence-corrected chi connectivity index (χ2v) is 1.07.